The van der Waals surface area contributed by atoms with Gasteiger partial charge in [0.25, 0.3) is 0 Å². The van der Waals surface area contributed by atoms with Gasteiger partial charge in [0.1, 0.15) is 0 Å². The van der Waals surface area contributed by atoms with Gasteiger partial charge in [-0.15, -0.1) is 0 Å². The first kappa shape index (κ1) is 31.0. The summed E-state index contributed by atoms with van der Waals surface area (Å²) in [5, 5.41) is 2.44. The van der Waals surface area contributed by atoms with Crippen LogP contribution in [0.2, 0.25) is 0 Å². The van der Waals surface area contributed by atoms with Crippen LogP contribution < -0.4 is 0 Å². The van der Waals surface area contributed by atoms with Gasteiger partial charge < -0.3 is 4.57 Å². The van der Waals surface area contributed by atoms with Crippen molar-refractivity contribution >= 4 is 21.8 Å². The molecule has 0 bridgehead atoms. The van der Waals surface area contributed by atoms with Crippen LogP contribution in [0.4, 0.5) is 0 Å². The summed E-state index contributed by atoms with van der Waals surface area (Å²) in [6, 6.07) is 72.3. The van der Waals surface area contributed by atoms with E-state index in [1.807, 2.05) is 12.1 Å². The molecule has 0 saturated heterocycles. The summed E-state index contributed by atoms with van der Waals surface area (Å²) in [4.78, 5) is 10.6. The van der Waals surface area contributed by atoms with Crippen LogP contribution in [0.3, 0.4) is 0 Å². The van der Waals surface area contributed by atoms with Gasteiger partial charge in [-0.05, 0) is 63.2 Å². The Hall–Kier alpha value is -7.36. The molecule has 2 aliphatic carbocycles. The van der Waals surface area contributed by atoms with E-state index in [1.54, 1.807) is 0 Å². The van der Waals surface area contributed by atoms with Crippen LogP contribution in [0.25, 0.3) is 83.6 Å². The lowest BCUT2D eigenvalue weighted by Gasteiger charge is -2.30. The molecule has 0 fully saturated rings. The number of aromatic nitrogens is 3. The van der Waals surface area contributed by atoms with E-state index in [4.69, 9.17) is 9.97 Å². The molecule has 260 valence electrons. The molecule has 8 aromatic carbocycles. The van der Waals surface area contributed by atoms with E-state index >= 15 is 0 Å². The topological polar surface area (TPSA) is 30.7 Å². The van der Waals surface area contributed by atoms with E-state index in [1.165, 1.54) is 60.8 Å². The smallest absolute Gasteiger partial charge is 0.162 e. The van der Waals surface area contributed by atoms with Gasteiger partial charge in [-0.3, -0.25) is 0 Å². The second kappa shape index (κ2) is 11.8. The quantitative estimate of drug-likeness (QED) is 0.182. The number of benzene rings is 8. The molecule has 0 N–H and O–H groups in total. The Morgan fingerprint density at radius 2 is 0.875 bits per heavy atom. The molecule has 0 atom stereocenters. The van der Waals surface area contributed by atoms with Crippen molar-refractivity contribution in [2.45, 2.75) is 5.41 Å². The SMILES string of the molecule is c1ccc(-c2cc(-c3ccccc3)nc(-c3ccccc3-n3c4ccccc4c4ccc5c(c43)-c3ccccc3C53c4ccccc4-c4ccccc43)n2)cc1. The Kier molecular flexibility index (Phi) is 6.55. The van der Waals surface area contributed by atoms with Gasteiger partial charge in [-0.1, -0.05) is 176 Å². The van der Waals surface area contributed by atoms with E-state index in [9.17, 15) is 0 Å². The molecule has 0 saturated carbocycles. The third-order valence-electron chi connectivity index (χ3n) is 12.0. The Morgan fingerprint density at radius 3 is 1.52 bits per heavy atom. The summed E-state index contributed by atoms with van der Waals surface area (Å²) in [5.41, 5.74) is 18.3. The molecular formula is C53H33N3. The summed E-state index contributed by atoms with van der Waals surface area (Å²) in [5.74, 6) is 0.690. The van der Waals surface area contributed by atoms with Gasteiger partial charge in [0.2, 0.25) is 0 Å². The van der Waals surface area contributed by atoms with Crippen LogP contribution in [0, 0.1) is 0 Å². The Bertz CT molecular complexity index is 3090. The molecule has 1 spiro atoms. The van der Waals surface area contributed by atoms with E-state index in [0.29, 0.717) is 5.82 Å². The first-order chi connectivity index (χ1) is 27.8. The Morgan fingerprint density at radius 1 is 0.375 bits per heavy atom. The summed E-state index contributed by atoms with van der Waals surface area (Å²) in [7, 11) is 0. The second-order valence-corrected chi connectivity index (χ2v) is 14.8. The van der Waals surface area contributed by atoms with Crippen LogP contribution in [0.5, 0.6) is 0 Å². The largest absolute Gasteiger partial charge is 0.308 e. The first-order valence-electron chi connectivity index (χ1n) is 19.3. The highest BCUT2D eigenvalue weighted by atomic mass is 15.0. The standard InChI is InChI=1S/C53H33N3/c1-3-17-34(18-4-1)46-33-47(35-19-5-2-6-20-35)55-52(54-46)41-25-11-16-30-49(41)56-48-29-15-10-23-38(48)39-31-32-45-50(51(39)56)40-24-9-14-28-44(40)53(45)42-26-12-7-21-36(42)37-22-8-13-27-43(37)53/h1-33H. The molecule has 0 unspecified atom stereocenters. The Labute approximate surface area is 324 Å². The zero-order chi connectivity index (χ0) is 36.8. The van der Waals surface area contributed by atoms with Crippen molar-refractivity contribution in [2.75, 3.05) is 0 Å². The predicted molar refractivity (Wildman–Crippen MR) is 229 cm³/mol. The normalized spacial score (nSPS) is 13.1. The minimum absolute atomic E-state index is 0.439. The average molecular weight is 712 g/mol. The number of hydrogen-bond acceptors (Lipinski definition) is 2. The molecule has 10 aromatic rings. The van der Waals surface area contributed by atoms with Gasteiger partial charge in [-0.25, -0.2) is 9.97 Å². The van der Waals surface area contributed by atoms with Crippen LogP contribution in [0.1, 0.15) is 22.3 Å². The van der Waals surface area contributed by atoms with Crippen LogP contribution in [-0.4, -0.2) is 14.5 Å². The lowest BCUT2D eigenvalue weighted by Crippen LogP contribution is -2.25. The fraction of sp³-hybridized carbons (Fsp3) is 0.0189. The minimum Gasteiger partial charge on any atom is -0.308 e. The molecule has 0 aliphatic heterocycles. The van der Waals surface area contributed by atoms with Crippen molar-refractivity contribution in [3.8, 4) is 61.8 Å². The molecule has 0 radical (unpaired) electrons. The van der Waals surface area contributed by atoms with E-state index in [2.05, 4.69) is 193 Å². The molecule has 2 aliphatic rings. The molecule has 2 heterocycles. The molecule has 2 aromatic heterocycles. The molecule has 12 rings (SSSR count). The predicted octanol–water partition coefficient (Wildman–Crippen LogP) is 12.9. The third-order valence-corrected chi connectivity index (χ3v) is 12.0. The maximum atomic E-state index is 5.32. The minimum atomic E-state index is -0.439. The van der Waals surface area contributed by atoms with Crippen molar-refractivity contribution in [1.29, 1.82) is 0 Å². The third kappa shape index (κ3) is 4.17. The monoisotopic (exact) mass is 711 g/mol. The summed E-state index contributed by atoms with van der Waals surface area (Å²) in [6.07, 6.45) is 0. The van der Waals surface area contributed by atoms with Gasteiger partial charge in [0.05, 0.1) is 33.5 Å². The molecular weight excluding hydrogens is 679 g/mol. The lowest BCUT2D eigenvalue weighted by molar-refractivity contribution is 0.794. The van der Waals surface area contributed by atoms with E-state index in [0.717, 1.165) is 39.3 Å². The van der Waals surface area contributed by atoms with Crippen LogP contribution in [-0.2, 0) is 5.41 Å². The van der Waals surface area contributed by atoms with E-state index < -0.39 is 5.41 Å². The first-order valence-corrected chi connectivity index (χ1v) is 19.3. The molecule has 3 heteroatoms. The van der Waals surface area contributed by atoms with Gasteiger partial charge >= 0.3 is 0 Å². The van der Waals surface area contributed by atoms with Crippen molar-refractivity contribution in [1.82, 2.24) is 14.5 Å². The van der Waals surface area contributed by atoms with Gasteiger partial charge in [0.15, 0.2) is 5.82 Å². The van der Waals surface area contributed by atoms with Crippen LogP contribution in [0.15, 0.2) is 200 Å². The highest BCUT2D eigenvalue weighted by Gasteiger charge is 2.52. The molecule has 0 amide bonds. The number of nitrogens with zero attached hydrogens (tertiary/aromatic N) is 3. The lowest BCUT2D eigenvalue weighted by atomic mass is 9.70. The van der Waals surface area contributed by atoms with Crippen molar-refractivity contribution in [2.24, 2.45) is 0 Å². The molecule has 3 nitrogen and oxygen atoms in total. The molecule has 56 heavy (non-hydrogen) atoms. The van der Waals surface area contributed by atoms with Crippen LogP contribution >= 0.6 is 0 Å². The Balaban J connectivity index is 1.19. The van der Waals surface area contributed by atoms with Crippen molar-refractivity contribution < 1.29 is 0 Å². The fourth-order valence-corrected chi connectivity index (χ4v) is 9.82. The number of hydrogen-bond donors (Lipinski definition) is 0. The number of para-hydroxylation sites is 2. The van der Waals surface area contributed by atoms with Crippen molar-refractivity contribution in [3.63, 3.8) is 0 Å². The summed E-state index contributed by atoms with van der Waals surface area (Å²) < 4.78 is 2.49. The van der Waals surface area contributed by atoms with E-state index in [-0.39, 0.29) is 0 Å². The maximum absolute atomic E-state index is 5.32. The summed E-state index contributed by atoms with van der Waals surface area (Å²) >= 11 is 0. The highest BCUT2D eigenvalue weighted by molar-refractivity contribution is 6.17. The maximum Gasteiger partial charge on any atom is 0.162 e. The second-order valence-electron chi connectivity index (χ2n) is 14.8. The summed E-state index contributed by atoms with van der Waals surface area (Å²) in [6.45, 7) is 0. The fourth-order valence-electron chi connectivity index (χ4n) is 9.82. The van der Waals surface area contributed by atoms with Gasteiger partial charge in [-0.2, -0.15) is 0 Å². The number of fused-ring (bicyclic) bond motifs is 14. The van der Waals surface area contributed by atoms with Gasteiger partial charge in [0, 0.05) is 33.0 Å². The number of rotatable bonds is 4. The zero-order valence-corrected chi connectivity index (χ0v) is 30.4. The zero-order valence-electron chi connectivity index (χ0n) is 30.4. The average Bonchev–Trinajstić information content (AvgIpc) is 3.89. The van der Waals surface area contributed by atoms with Crippen molar-refractivity contribution in [3.05, 3.63) is 222 Å². The highest BCUT2D eigenvalue weighted by Crippen LogP contribution is 2.64.